The highest BCUT2D eigenvalue weighted by molar-refractivity contribution is 6.31. The van der Waals surface area contributed by atoms with Crippen LogP contribution in [-0.4, -0.2) is 36.7 Å². The summed E-state index contributed by atoms with van der Waals surface area (Å²) in [5, 5.41) is 18.2. The standard InChI is InChI=1S/C30H33ClN6O3/c1-29(2,3)14-5-15-37-21-16-19(31)11-12-20(21)24(36-37)27-33-25(32)23-26(34-27)35-28(40)30(23,4)18-9-6-17(7-10-18)8-13-22(38)39/h6-7,9-12,16H,5,8,13-15H2,1-4H3,(H,38,39)(H3,32,33,34,35,40)/t30-/m1/s1. The second-order valence-electron chi connectivity index (χ2n) is 11.7. The number of nitrogens with zero attached hydrogens (tertiary/aromatic N) is 4. The van der Waals surface area contributed by atoms with Crippen molar-refractivity contribution in [2.45, 2.75) is 65.3 Å². The molecule has 208 valence electrons. The number of hydrogen-bond donors (Lipinski definition) is 3. The first-order valence-corrected chi connectivity index (χ1v) is 13.7. The number of hydrogen-bond acceptors (Lipinski definition) is 6. The highest BCUT2D eigenvalue weighted by Crippen LogP contribution is 2.45. The third-order valence-corrected chi connectivity index (χ3v) is 7.74. The van der Waals surface area contributed by atoms with Crippen LogP contribution in [0.2, 0.25) is 5.02 Å². The summed E-state index contributed by atoms with van der Waals surface area (Å²) in [5.41, 5.74) is 9.20. The molecule has 9 nitrogen and oxygen atoms in total. The van der Waals surface area contributed by atoms with Crippen molar-refractivity contribution in [1.82, 2.24) is 19.7 Å². The number of nitrogens with two attached hydrogens (primary N) is 1. The number of aryl methyl sites for hydroxylation is 2. The second-order valence-corrected chi connectivity index (χ2v) is 12.2. The number of rotatable bonds is 8. The summed E-state index contributed by atoms with van der Waals surface area (Å²) in [5.74, 6) is -0.240. The summed E-state index contributed by atoms with van der Waals surface area (Å²) >= 11 is 6.34. The monoisotopic (exact) mass is 560 g/mol. The lowest BCUT2D eigenvalue weighted by atomic mass is 9.77. The Morgan fingerprint density at radius 1 is 1.15 bits per heavy atom. The molecule has 3 heterocycles. The molecule has 0 radical (unpaired) electrons. The number of carboxylic acid groups (broad SMARTS) is 1. The van der Waals surface area contributed by atoms with Crippen molar-refractivity contribution in [3.05, 3.63) is 64.2 Å². The van der Waals surface area contributed by atoms with Gasteiger partial charge in [0.15, 0.2) is 5.82 Å². The Morgan fingerprint density at radius 2 is 1.88 bits per heavy atom. The van der Waals surface area contributed by atoms with Crippen molar-refractivity contribution >= 4 is 46.0 Å². The van der Waals surface area contributed by atoms with Crippen LogP contribution in [0.5, 0.6) is 0 Å². The van der Waals surface area contributed by atoms with E-state index >= 15 is 0 Å². The van der Waals surface area contributed by atoms with Gasteiger partial charge < -0.3 is 16.2 Å². The molecule has 0 spiro atoms. The molecule has 2 aromatic heterocycles. The zero-order chi connectivity index (χ0) is 28.8. The van der Waals surface area contributed by atoms with Crippen molar-refractivity contribution in [1.29, 1.82) is 0 Å². The number of fused-ring (bicyclic) bond motifs is 2. The molecular weight excluding hydrogens is 528 g/mol. The van der Waals surface area contributed by atoms with E-state index < -0.39 is 11.4 Å². The van der Waals surface area contributed by atoms with E-state index in [-0.39, 0.29) is 23.6 Å². The highest BCUT2D eigenvalue weighted by atomic mass is 35.5. The maximum atomic E-state index is 13.4. The van der Waals surface area contributed by atoms with Gasteiger partial charge in [-0.3, -0.25) is 14.3 Å². The number of anilines is 2. The van der Waals surface area contributed by atoms with Crippen LogP contribution in [-0.2, 0) is 28.0 Å². The fourth-order valence-corrected chi connectivity index (χ4v) is 5.45. The van der Waals surface area contributed by atoms with E-state index in [1.54, 1.807) is 6.92 Å². The molecule has 2 aromatic carbocycles. The van der Waals surface area contributed by atoms with Gasteiger partial charge in [0.2, 0.25) is 5.91 Å². The predicted octanol–water partition coefficient (Wildman–Crippen LogP) is 5.83. The number of halogens is 1. The minimum atomic E-state index is -1.11. The van der Waals surface area contributed by atoms with Crippen LogP contribution in [0.15, 0.2) is 42.5 Å². The van der Waals surface area contributed by atoms with Gasteiger partial charge in [-0.2, -0.15) is 5.10 Å². The van der Waals surface area contributed by atoms with Gasteiger partial charge in [-0.1, -0.05) is 56.6 Å². The fraction of sp³-hybridized carbons (Fsp3) is 0.367. The normalized spacial score (nSPS) is 16.8. The number of carbonyl (C=O) groups excluding carboxylic acids is 1. The van der Waals surface area contributed by atoms with Gasteiger partial charge in [-0.25, -0.2) is 9.97 Å². The van der Waals surface area contributed by atoms with Crippen molar-refractivity contribution < 1.29 is 14.7 Å². The molecule has 0 unspecified atom stereocenters. The Bertz CT molecular complexity index is 1620. The molecule has 1 aliphatic heterocycles. The van der Waals surface area contributed by atoms with Gasteiger partial charge in [-0.05, 0) is 60.9 Å². The zero-order valence-corrected chi connectivity index (χ0v) is 23.8. The van der Waals surface area contributed by atoms with E-state index in [0.29, 0.717) is 46.5 Å². The Morgan fingerprint density at radius 3 is 2.55 bits per heavy atom. The molecule has 40 heavy (non-hydrogen) atoms. The maximum absolute atomic E-state index is 13.4. The molecule has 1 amide bonds. The lowest BCUT2D eigenvalue weighted by molar-refractivity contribution is -0.137. The topological polar surface area (TPSA) is 136 Å². The molecule has 0 aliphatic carbocycles. The van der Waals surface area contributed by atoms with Gasteiger partial charge in [0, 0.05) is 23.4 Å². The summed E-state index contributed by atoms with van der Waals surface area (Å²) in [4.78, 5) is 33.7. The largest absolute Gasteiger partial charge is 0.481 e. The summed E-state index contributed by atoms with van der Waals surface area (Å²) in [6, 6.07) is 12.9. The Hall–Kier alpha value is -3.98. The molecule has 0 fully saturated rings. The summed E-state index contributed by atoms with van der Waals surface area (Å²) in [6.45, 7) is 9.15. The van der Waals surface area contributed by atoms with Crippen molar-refractivity contribution in [3.8, 4) is 11.5 Å². The number of aliphatic carboxylic acids is 1. The molecule has 1 aliphatic rings. The summed E-state index contributed by atoms with van der Waals surface area (Å²) in [6.07, 6.45) is 2.43. The molecule has 1 atom stereocenters. The lowest BCUT2D eigenvalue weighted by Gasteiger charge is -2.23. The zero-order valence-electron chi connectivity index (χ0n) is 23.1. The SMILES string of the molecule is CC(C)(C)CCCn1nc(-c2nc(N)c3c(n2)NC(=O)[C@]3(C)c2ccc(CCC(=O)O)cc2)c2ccc(Cl)cc21. The molecule has 0 saturated carbocycles. The van der Waals surface area contributed by atoms with Crippen molar-refractivity contribution in [3.63, 3.8) is 0 Å². The van der Waals surface area contributed by atoms with E-state index in [2.05, 4.69) is 31.1 Å². The lowest BCUT2D eigenvalue weighted by Crippen LogP contribution is -2.33. The first kappa shape index (κ1) is 27.6. The number of benzene rings is 2. The fourth-order valence-electron chi connectivity index (χ4n) is 5.29. The summed E-state index contributed by atoms with van der Waals surface area (Å²) < 4.78 is 1.93. The van der Waals surface area contributed by atoms with Gasteiger partial charge >= 0.3 is 5.97 Å². The molecular formula is C30H33ClN6O3. The van der Waals surface area contributed by atoms with Crippen molar-refractivity contribution in [2.24, 2.45) is 5.41 Å². The van der Waals surface area contributed by atoms with Crippen LogP contribution in [0.1, 0.15) is 63.6 Å². The Kier molecular flexibility index (Phi) is 7.04. The number of nitrogen functional groups attached to an aromatic ring is 1. The molecule has 5 rings (SSSR count). The first-order chi connectivity index (χ1) is 18.9. The average Bonchev–Trinajstić information content (AvgIpc) is 3.36. The molecule has 4 aromatic rings. The predicted molar refractivity (Wildman–Crippen MR) is 156 cm³/mol. The van der Waals surface area contributed by atoms with Gasteiger partial charge in [0.1, 0.15) is 22.7 Å². The minimum Gasteiger partial charge on any atom is -0.481 e. The number of carbonyl (C=O) groups is 2. The molecule has 0 bridgehead atoms. The van der Waals surface area contributed by atoms with Gasteiger partial charge in [-0.15, -0.1) is 0 Å². The average molecular weight is 561 g/mol. The van der Waals surface area contributed by atoms with Crippen LogP contribution in [0.25, 0.3) is 22.4 Å². The summed E-state index contributed by atoms with van der Waals surface area (Å²) in [7, 11) is 0. The van der Waals surface area contributed by atoms with Crippen LogP contribution in [0.4, 0.5) is 11.6 Å². The smallest absolute Gasteiger partial charge is 0.303 e. The van der Waals surface area contributed by atoms with Crippen molar-refractivity contribution in [2.75, 3.05) is 11.1 Å². The minimum absolute atomic E-state index is 0.0384. The number of carboxylic acids is 1. The van der Waals surface area contributed by atoms with Crippen LogP contribution in [0.3, 0.4) is 0 Å². The molecule has 10 heteroatoms. The molecule has 0 saturated heterocycles. The second kappa shape index (κ2) is 10.2. The molecule has 4 N–H and O–H groups in total. The van der Waals surface area contributed by atoms with Crippen LogP contribution >= 0.6 is 11.6 Å². The maximum Gasteiger partial charge on any atom is 0.303 e. The van der Waals surface area contributed by atoms with Gasteiger partial charge in [0.05, 0.1) is 11.1 Å². The first-order valence-electron chi connectivity index (χ1n) is 13.3. The van der Waals surface area contributed by atoms with E-state index in [1.165, 1.54) is 0 Å². The highest BCUT2D eigenvalue weighted by Gasteiger charge is 2.47. The third-order valence-electron chi connectivity index (χ3n) is 7.50. The van der Waals surface area contributed by atoms with E-state index in [1.807, 2.05) is 47.1 Å². The van der Waals surface area contributed by atoms with Crippen LogP contribution < -0.4 is 11.1 Å². The van der Waals surface area contributed by atoms with E-state index in [0.717, 1.165) is 29.3 Å². The quantitative estimate of drug-likeness (QED) is 0.246. The van der Waals surface area contributed by atoms with Gasteiger partial charge in [0.25, 0.3) is 0 Å². The Balaban J connectivity index is 1.52. The Labute approximate surface area is 237 Å². The van der Waals surface area contributed by atoms with E-state index in [9.17, 15) is 9.59 Å². The third kappa shape index (κ3) is 5.13. The number of amides is 1. The number of nitrogens with one attached hydrogen (secondary N) is 1. The number of aromatic nitrogens is 4. The van der Waals surface area contributed by atoms with E-state index in [4.69, 9.17) is 32.5 Å². The van der Waals surface area contributed by atoms with Crippen LogP contribution in [0, 0.1) is 5.41 Å².